The summed E-state index contributed by atoms with van der Waals surface area (Å²) in [6, 6.07) is 8.23. The summed E-state index contributed by atoms with van der Waals surface area (Å²) >= 11 is 0. The first-order valence-electron chi connectivity index (χ1n) is 7.31. The van der Waals surface area contributed by atoms with E-state index in [2.05, 4.69) is 24.9 Å². The number of pyridine rings is 1. The minimum atomic E-state index is -0.378. The van der Waals surface area contributed by atoms with Gasteiger partial charge < -0.3 is 10.3 Å². The fourth-order valence-electron chi connectivity index (χ4n) is 2.77. The zero-order valence-corrected chi connectivity index (χ0v) is 12.7. The van der Waals surface area contributed by atoms with Crippen molar-refractivity contribution >= 4 is 16.9 Å². The largest absolute Gasteiger partial charge is 0.379 e. The van der Waals surface area contributed by atoms with Crippen molar-refractivity contribution in [1.82, 2.24) is 24.8 Å². The van der Waals surface area contributed by atoms with Crippen molar-refractivity contribution in [1.29, 1.82) is 0 Å². The topological polar surface area (TPSA) is 95.7 Å². The molecule has 1 atom stereocenters. The van der Waals surface area contributed by atoms with Gasteiger partial charge in [-0.05, 0) is 41.0 Å². The number of imidazole rings is 1. The van der Waals surface area contributed by atoms with Gasteiger partial charge in [-0.2, -0.15) is 0 Å². The molecule has 4 aromatic rings. The lowest BCUT2D eigenvalue weighted by Gasteiger charge is -2.17. The van der Waals surface area contributed by atoms with Gasteiger partial charge in [0.2, 0.25) is 0 Å². The molecule has 0 radical (unpaired) electrons. The maximum atomic E-state index is 14.5. The predicted molar refractivity (Wildman–Crippen MR) is 85.4 cm³/mol. The Hall–Kier alpha value is -3.29. The Labute approximate surface area is 135 Å². The number of nitrogens with two attached hydrogens (primary N) is 1. The summed E-state index contributed by atoms with van der Waals surface area (Å²) in [5, 5.41) is 7.41. The first-order valence-corrected chi connectivity index (χ1v) is 7.31. The maximum absolute atomic E-state index is 14.5. The predicted octanol–water partition coefficient (Wildman–Crippen LogP) is 2.81. The van der Waals surface area contributed by atoms with Crippen LogP contribution in [0.1, 0.15) is 18.5 Å². The molecular weight excluding hydrogens is 311 g/mol. The number of nitrogens with zero attached hydrogens (tertiary/aromatic N) is 5. The van der Waals surface area contributed by atoms with Crippen LogP contribution in [0.2, 0.25) is 0 Å². The molecule has 1 aromatic carbocycles. The van der Waals surface area contributed by atoms with Gasteiger partial charge in [-0.1, -0.05) is 12.1 Å². The average molecular weight is 324 g/mol. The fourth-order valence-corrected chi connectivity index (χ4v) is 2.77. The lowest BCUT2D eigenvalue weighted by molar-refractivity contribution is 0.310. The molecule has 0 amide bonds. The number of hydrogen-bond acceptors (Lipinski definition) is 6. The van der Waals surface area contributed by atoms with Crippen LogP contribution in [0, 0.1) is 5.82 Å². The lowest BCUT2D eigenvalue weighted by Crippen LogP contribution is -2.10. The van der Waals surface area contributed by atoms with Gasteiger partial charge in [0.15, 0.2) is 17.3 Å². The molecule has 0 saturated carbocycles. The van der Waals surface area contributed by atoms with Crippen LogP contribution in [0.5, 0.6) is 0 Å². The third-order valence-electron chi connectivity index (χ3n) is 3.94. The lowest BCUT2D eigenvalue weighted by atomic mass is 10.1. The van der Waals surface area contributed by atoms with Crippen molar-refractivity contribution < 1.29 is 9.02 Å². The van der Waals surface area contributed by atoms with Gasteiger partial charge in [0.25, 0.3) is 0 Å². The second-order valence-electron chi connectivity index (χ2n) is 5.37. The van der Waals surface area contributed by atoms with Crippen molar-refractivity contribution in [3.8, 4) is 11.5 Å². The molecule has 2 N–H and O–H groups in total. The van der Waals surface area contributed by atoms with Crippen LogP contribution in [-0.4, -0.2) is 24.8 Å². The number of nitrogen functional groups attached to an aromatic ring is 1. The van der Waals surface area contributed by atoms with E-state index in [-0.39, 0.29) is 23.4 Å². The molecule has 7 nitrogen and oxygen atoms in total. The number of aromatic nitrogens is 5. The highest BCUT2D eigenvalue weighted by molar-refractivity contribution is 5.82. The molecular formula is C16H13FN6O. The summed E-state index contributed by atoms with van der Waals surface area (Å²) in [5.41, 5.74) is 7.86. The van der Waals surface area contributed by atoms with Crippen molar-refractivity contribution in [3.63, 3.8) is 0 Å². The van der Waals surface area contributed by atoms with Crippen molar-refractivity contribution in [2.75, 3.05) is 5.73 Å². The van der Waals surface area contributed by atoms with Crippen LogP contribution in [-0.2, 0) is 0 Å². The Morgan fingerprint density at radius 1 is 1.21 bits per heavy atom. The third kappa shape index (κ3) is 2.11. The molecule has 4 rings (SSSR count). The number of para-hydroxylation sites is 1. The summed E-state index contributed by atoms with van der Waals surface area (Å²) < 4.78 is 20.9. The van der Waals surface area contributed by atoms with Crippen LogP contribution in [0.3, 0.4) is 0 Å². The Balaban J connectivity index is 2.03. The number of anilines is 1. The highest BCUT2D eigenvalue weighted by atomic mass is 19.1. The zero-order valence-electron chi connectivity index (χ0n) is 12.7. The third-order valence-corrected chi connectivity index (χ3v) is 3.94. The molecule has 1 unspecified atom stereocenters. The van der Waals surface area contributed by atoms with Gasteiger partial charge in [-0.15, -0.1) is 0 Å². The average Bonchev–Trinajstić information content (AvgIpc) is 3.19. The molecule has 0 bridgehead atoms. The van der Waals surface area contributed by atoms with Crippen molar-refractivity contribution in [3.05, 3.63) is 54.1 Å². The Kier molecular flexibility index (Phi) is 3.23. The second-order valence-corrected chi connectivity index (χ2v) is 5.37. The van der Waals surface area contributed by atoms with E-state index in [0.717, 1.165) is 5.56 Å². The number of rotatable bonds is 3. The molecule has 24 heavy (non-hydrogen) atoms. The standard InChI is InChI=1S/C16H13FN6O/c1-9(10-4-3-7-19-8-10)23-14-11(17)5-2-6-12(14)20-16(23)13-15(18)22-24-21-13/h2-9H,1H3,(H2,18,22). The molecule has 8 heteroatoms. The summed E-state index contributed by atoms with van der Waals surface area (Å²) in [4.78, 5) is 8.61. The molecule has 0 spiro atoms. The van der Waals surface area contributed by atoms with Gasteiger partial charge in [0.05, 0.1) is 11.6 Å². The van der Waals surface area contributed by atoms with E-state index < -0.39 is 0 Å². The molecule has 0 aliphatic heterocycles. The van der Waals surface area contributed by atoms with E-state index in [0.29, 0.717) is 16.9 Å². The molecule has 3 aromatic heterocycles. The molecule has 3 heterocycles. The zero-order chi connectivity index (χ0) is 16.7. The first-order chi connectivity index (χ1) is 11.7. The monoisotopic (exact) mass is 324 g/mol. The Bertz CT molecular complexity index is 1010. The van der Waals surface area contributed by atoms with E-state index in [1.165, 1.54) is 6.07 Å². The first kappa shape index (κ1) is 14.3. The maximum Gasteiger partial charge on any atom is 0.199 e. The van der Waals surface area contributed by atoms with Gasteiger partial charge in [-0.25, -0.2) is 14.0 Å². The van der Waals surface area contributed by atoms with E-state index in [1.54, 1.807) is 29.1 Å². The minimum Gasteiger partial charge on any atom is -0.379 e. The molecule has 0 saturated heterocycles. The van der Waals surface area contributed by atoms with E-state index in [9.17, 15) is 4.39 Å². The van der Waals surface area contributed by atoms with Gasteiger partial charge in [0.1, 0.15) is 11.3 Å². The van der Waals surface area contributed by atoms with Gasteiger partial charge >= 0.3 is 0 Å². The van der Waals surface area contributed by atoms with E-state index in [4.69, 9.17) is 5.73 Å². The molecule has 0 aliphatic rings. The van der Waals surface area contributed by atoms with Gasteiger partial charge in [-0.3, -0.25) is 4.98 Å². The number of fused-ring (bicyclic) bond motifs is 1. The summed E-state index contributed by atoms with van der Waals surface area (Å²) in [6.45, 7) is 1.93. The number of benzene rings is 1. The number of halogens is 1. The smallest absolute Gasteiger partial charge is 0.199 e. The molecule has 0 aliphatic carbocycles. The minimum absolute atomic E-state index is 0.102. The summed E-state index contributed by atoms with van der Waals surface area (Å²) in [7, 11) is 0. The van der Waals surface area contributed by atoms with E-state index in [1.807, 2.05) is 19.1 Å². The van der Waals surface area contributed by atoms with Crippen LogP contribution in [0.4, 0.5) is 10.2 Å². The summed E-state index contributed by atoms with van der Waals surface area (Å²) in [6.07, 6.45) is 3.41. The normalized spacial score (nSPS) is 12.6. The number of hydrogen-bond donors (Lipinski definition) is 1. The van der Waals surface area contributed by atoms with Crippen LogP contribution < -0.4 is 5.73 Å². The van der Waals surface area contributed by atoms with Crippen LogP contribution >= 0.6 is 0 Å². The Morgan fingerprint density at radius 3 is 2.79 bits per heavy atom. The van der Waals surface area contributed by atoms with Crippen molar-refractivity contribution in [2.45, 2.75) is 13.0 Å². The molecule has 120 valence electrons. The molecule has 0 fully saturated rings. The van der Waals surface area contributed by atoms with Crippen LogP contribution in [0.25, 0.3) is 22.6 Å². The van der Waals surface area contributed by atoms with E-state index >= 15 is 0 Å². The second kappa shape index (κ2) is 5.41. The Morgan fingerprint density at radius 2 is 2.08 bits per heavy atom. The summed E-state index contributed by atoms with van der Waals surface area (Å²) in [5.74, 6) is 0.118. The quantitative estimate of drug-likeness (QED) is 0.622. The highest BCUT2D eigenvalue weighted by Crippen LogP contribution is 2.33. The van der Waals surface area contributed by atoms with Gasteiger partial charge in [0, 0.05) is 12.4 Å². The van der Waals surface area contributed by atoms with Crippen molar-refractivity contribution in [2.24, 2.45) is 0 Å². The van der Waals surface area contributed by atoms with Crippen LogP contribution in [0.15, 0.2) is 47.4 Å². The highest BCUT2D eigenvalue weighted by Gasteiger charge is 2.24. The SMILES string of the molecule is CC(c1cccnc1)n1c(-c2nonc2N)nc2cccc(F)c21. The fraction of sp³-hybridized carbons (Fsp3) is 0.125.